The Balaban J connectivity index is 1.46. The molecule has 0 spiro atoms. The summed E-state index contributed by atoms with van der Waals surface area (Å²) in [5, 5.41) is 2.78. The van der Waals surface area contributed by atoms with Crippen LogP contribution in [0.1, 0.15) is 40.3 Å². The Kier molecular flexibility index (Phi) is 4.19. The predicted molar refractivity (Wildman–Crippen MR) is 94.8 cm³/mol. The minimum Gasteiger partial charge on any atom is -0.463 e. The summed E-state index contributed by atoms with van der Waals surface area (Å²) in [6, 6.07) is 0.422. The average Bonchev–Trinajstić information content (AvgIpc) is 3.27. The third-order valence-corrected chi connectivity index (χ3v) is 6.18. The molecule has 7 heteroatoms. The highest BCUT2D eigenvalue weighted by Crippen LogP contribution is 2.49. The zero-order valence-corrected chi connectivity index (χ0v) is 15.4. The summed E-state index contributed by atoms with van der Waals surface area (Å²) in [5.41, 5.74) is 1.61. The molecule has 2 unspecified atom stereocenters. The second-order valence-corrected chi connectivity index (χ2v) is 8.28. The van der Waals surface area contributed by atoms with E-state index in [-0.39, 0.29) is 11.3 Å². The van der Waals surface area contributed by atoms with Crippen LogP contribution in [0.15, 0.2) is 17.8 Å². The molecule has 1 saturated heterocycles. The molecule has 0 bridgehead atoms. The minimum atomic E-state index is 0.0228. The lowest BCUT2D eigenvalue weighted by atomic mass is 9.82. The summed E-state index contributed by atoms with van der Waals surface area (Å²) in [6.07, 6.45) is 6.96. The van der Waals surface area contributed by atoms with E-state index in [9.17, 15) is 4.79 Å². The third-order valence-electron chi connectivity index (χ3n) is 5.41. The van der Waals surface area contributed by atoms with Crippen LogP contribution in [0, 0.1) is 25.2 Å². The maximum Gasteiger partial charge on any atom is 0.316 e. The van der Waals surface area contributed by atoms with Gasteiger partial charge in [-0.1, -0.05) is 6.42 Å². The Morgan fingerprint density at radius 3 is 2.92 bits per heavy atom. The number of nitrogens with zero attached hydrogens (tertiary/aromatic N) is 4. The second kappa shape index (κ2) is 6.37. The molecular formula is C18H22N4O2S. The predicted octanol–water partition coefficient (Wildman–Crippen LogP) is 2.87. The molecule has 0 aromatic carbocycles. The quantitative estimate of drug-likeness (QED) is 0.841. The van der Waals surface area contributed by atoms with Crippen molar-refractivity contribution in [3.05, 3.63) is 34.0 Å². The number of ether oxygens (including phenoxy) is 1. The maximum atomic E-state index is 12.7. The molecule has 6 nitrogen and oxygen atoms in total. The first kappa shape index (κ1) is 16.4. The molecule has 1 amide bonds. The van der Waals surface area contributed by atoms with Crippen molar-refractivity contribution in [1.29, 1.82) is 0 Å². The second-order valence-electron chi connectivity index (χ2n) is 7.22. The molecule has 0 N–H and O–H groups in total. The number of aryl methyl sites for hydroxylation is 2. The smallest absolute Gasteiger partial charge is 0.316 e. The topological polar surface area (TPSA) is 68.2 Å². The van der Waals surface area contributed by atoms with Gasteiger partial charge in [0.05, 0.1) is 11.6 Å². The Hall–Kier alpha value is -2.02. The van der Waals surface area contributed by atoms with Crippen molar-refractivity contribution in [2.75, 3.05) is 19.7 Å². The van der Waals surface area contributed by atoms with Gasteiger partial charge in [-0.15, -0.1) is 11.3 Å². The Morgan fingerprint density at radius 1 is 1.40 bits per heavy atom. The molecule has 1 saturated carbocycles. The zero-order chi connectivity index (χ0) is 17.4. The molecular weight excluding hydrogens is 336 g/mol. The first-order chi connectivity index (χ1) is 12.1. The molecule has 2 aromatic heterocycles. The van der Waals surface area contributed by atoms with E-state index in [1.807, 2.05) is 24.1 Å². The molecule has 1 aliphatic carbocycles. The minimum absolute atomic E-state index is 0.0228. The van der Waals surface area contributed by atoms with Gasteiger partial charge in [-0.3, -0.25) is 4.79 Å². The van der Waals surface area contributed by atoms with Crippen LogP contribution in [0.25, 0.3) is 0 Å². The molecule has 25 heavy (non-hydrogen) atoms. The van der Waals surface area contributed by atoms with Crippen LogP contribution >= 0.6 is 11.3 Å². The van der Waals surface area contributed by atoms with Crippen LogP contribution < -0.4 is 4.74 Å². The van der Waals surface area contributed by atoms with Gasteiger partial charge < -0.3 is 9.64 Å². The number of amides is 1. The van der Waals surface area contributed by atoms with Crippen molar-refractivity contribution < 1.29 is 9.53 Å². The largest absolute Gasteiger partial charge is 0.463 e. The first-order valence-corrected chi connectivity index (χ1v) is 9.57. The van der Waals surface area contributed by atoms with Crippen molar-refractivity contribution in [3.8, 4) is 6.01 Å². The van der Waals surface area contributed by atoms with E-state index in [4.69, 9.17) is 4.74 Å². The third kappa shape index (κ3) is 3.13. The number of carbonyl (C=O) groups excluding carboxylic acids is 1. The van der Waals surface area contributed by atoms with Gasteiger partial charge in [-0.25, -0.2) is 15.0 Å². The number of carbonyl (C=O) groups is 1. The molecule has 1 aliphatic heterocycles. The van der Waals surface area contributed by atoms with Crippen molar-refractivity contribution in [3.63, 3.8) is 0 Å². The highest BCUT2D eigenvalue weighted by atomic mass is 32.1. The maximum absolute atomic E-state index is 12.7. The van der Waals surface area contributed by atoms with Crippen LogP contribution in [0.3, 0.4) is 0 Å². The molecule has 4 rings (SSSR count). The fourth-order valence-electron chi connectivity index (χ4n) is 4.09. The summed E-state index contributed by atoms with van der Waals surface area (Å²) in [4.78, 5) is 27.5. The van der Waals surface area contributed by atoms with E-state index in [1.54, 1.807) is 12.4 Å². The van der Waals surface area contributed by atoms with E-state index >= 15 is 0 Å². The van der Waals surface area contributed by atoms with Crippen LogP contribution in [-0.4, -0.2) is 45.5 Å². The van der Waals surface area contributed by atoms with Gasteiger partial charge >= 0.3 is 6.01 Å². The van der Waals surface area contributed by atoms with Crippen LogP contribution in [0.2, 0.25) is 0 Å². The van der Waals surface area contributed by atoms with Crippen molar-refractivity contribution in [2.24, 2.45) is 11.3 Å². The number of hydrogen-bond acceptors (Lipinski definition) is 6. The van der Waals surface area contributed by atoms with Gasteiger partial charge in [0.2, 0.25) is 0 Å². The monoisotopic (exact) mass is 358 g/mol. The molecule has 3 heterocycles. The van der Waals surface area contributed by atoms with Gasteiger partial charge in [0, 0.05) is 36.3 Å². The lowest BCUT2D eigenvalue weighted by Crippen LogP contribution is -2.36. The summed E-state index contributed by atoms with van der Waals surface area (Å²) < 4.78 is 5.91. The summed E-state index contributed by atoms with van der Waals surface area (Å²) in [5.74, 6) is 0.534. The number of thiazole rings is 1. The van der Waals surface area contributed by atoms with Crippen molar-refractivity contribution in [1.82, 2.24) is 19.9 Å². The Bertz CT molecular complexity index is 776. The summed E-state index contributed by atoms with van der Waals surface area (Å²) in [6.45, 7) is 5.99. The first-order valence-electron chi connectivity index (χ1n) is 8.69. The van der Waals surface area contributed by atoms with Gasteiger partial charge in [-0.2, -0.15) is 0 Å². The molecule has 0 radical (unpaired) electrons. The van der Waals surface area contributed by atoms with Crippen LogP contribution in [0.5, 0.6) is 6.01 Å². The fraction of sp³-hybridized carbons (Fsp3) is 0.556. The SMILES string of the molecule is Cc1cnc(OCC23CCCC2CN(C(=O)c2csc(C)n2)C3)nc1. The lowest BCUT2D eigenvalue weighted by molar-refractivity contribution is 0.0737. The van der Waals surface area contributed by atoms with Crippen LogP contribution in [-0.2, 0) is 0 Å². The van der Waals surface area contributed by atoms with Gasteiger partial charge in [-0.05, 0) is 38.2 Å². The van der Waals surface area contributed by atoms with Crippen molar-refractivity contribution >= 4 is 17.2 Å². The average molecular weight is 358 g/mol. The van der Waals surface area contributed by atoms with Gasteiger partial charge in [0.1, 0.15) is 5.69 Å². The van der Waals surface area contributed by atoms with Crippen LogP contribution in [0.4, 0.5) is 0 Å². The van der Waals surface area contributed by atoms with Gasteiger partial charge in [0.15, 0.2) is 0 Å². The number of rotatable bonds is 4. The molecule has 2 fully saturated rings. The Morgan fingerprint density at radius 2 is 2.20 bits per heavy atom. The van der Waals surface area contributed by atoms with E-state index < -0.39 is 0 Å². The molecule has 2 aromatic rings. The summed E-state index contributed by atoms with van der Waals surface area (Å²) in [7, 11) is 0. The van der Waals surface area contributed by atoms with E-state index in [0.29, 0.717) is 24.2 Å². The fourth-order valence-corrected chi connectivity index (χ4v) is 4.68. The number of fused-ring (bicyclic) bond motifs is 1. The molecule has 2 aliphatic rings. The normalized spacial score (nSPS) is 25.2. The van der Waals surface area contributed by atoms with E-state index in [0.717, 1.165) is 36.5 Å². The highest BCUT2D eigenvalue weighted by molar-refractivity contribution is 7.09. The zero-order valence-electron chi connectivity index (χ0n) is 14.6. The number of likely N-dealkylation sites (tertiary alicyclic amines) is 1. The standard InChI is InChI=1S/C18H22N4O2S/c1-12-6-19-17(20-7-12)24-11-18-5-3-4-14(18)8-22(10-18)16(23)15-9-25-13(2)21-15/h6-7,9,14H,3-5,8,10-11H2,1-2H3. The van der Waals surface area contributed by atoms with Gasteiger partial charge in [0.25, 0.3) is 5.91 Å². The van der Waals surface area contributed by atoms with E-state index in [1.165, 1.54) is 17.8 Å². The highest BCUT2D eigenvalue weighted by Gasteiger charge is 2.51. The number of aromatic nitrogens is 3. The lowest BCUT2D eigenvalue weighted by Gasteiger charge is -2.28. The molecule has 2 atom stereocenters. The van der Waals surface area contributed by atoms with Crippen molar-refractivity contribution in [2.45, 2.75) is 33.1 Å². The Labute approximate surface area is 151 Å². The molecule has 132 valence electrons. The number of hydrogen-bond donors (Lipinski definition) is 0. The van der Waals surface area contributed by atoms with E-state index in [2.05, 4.69) is 15.0 Å². The summed E-state index contributed by atoms with van der Waals surface area (Å²) >= 11 is 1.52.